The van der Waals surface area contributed by atoms with Crippen LogP contribution in [0.25, 0.3) is 0 Å². The van der Waals surface area contributed by atoms with Crippen LogP contribution < -0.4 is 4.90 Å². The van der Waals surface area contributed by atoms with Crippen LogP contribution in [0.4, 0.5) is 10.1 Å². The van der Waals surface area contributed by atoms with E-state index < -0.39 is 15.8 Å². The van der Waals surface area contributed by atoms with Crippen molar-refractivity contribution >= 4 is 21.5 Å². The number of hydrogen-bond acceptors (Lipinski definition) is 5. The highest BCUT2D eigenvalue weighted by Crippen LogP contribution is 2.25. The third-order valence-corrected chi connectivity index (χ3v) is 6.49. The van der Waals surface area contributed by atoms with Crippen LogP contribution in [0.2, 0.25) is 0 Å². The zero-order valence-corrected chi connectivity index (χ0v) is 15.5. The predicted octanol–water partition coefficient (Wildman–Crippen LogP) is 2.41. The summed E-state index contributed by atoms with van der Waals surface area (Å²) >= 11 is 0. The molecule has 27 heavy (non-hydrogen) atoms. The lowest BCUT2D eigenvalue weighted by atomic mass is 10.1. The summed E-state index contributed by atoms with van der Waals surface area (Å²) in [5.74, 6) is -0.716. The largest absolute Gasteiger partial charge is 0.368 e. The van der Waals surface area contributed by atoms with Gasteiger partial charge in [-0.3, -0.25) is 4.79 Å². The van der Waals surface area contributed by atoms with Gasteiger partial charge in [-0.1, -0.05) is 18.2 Å². The van der Waals surface area contributed by atoms with Gasteiger partial charge >= 0.3 is 0 Å². The Kier molecular flexibility index (Phi) is 5.26. The Bertz CT molecular complexity index is 1010. The standard InChI is InChI=1S/C19H18FN3O3S/c1-14(24)15-5-7-16(8-6-15)27(25,26)23-11-9-22(10-12-23)19-4-2-3-18(20)17(19)13-21/h2-8H,9-12H2,1H3. The van der Waals surface area contributed by atoms with Crippen LogP contribution in [0.1, 0.15) is 22.8 Å². The number of ketones is 1. The van der Waals surface area contributed by atoms with E-state index in [0.29, 0.717) is 24.3 Å². The Morgan fingerprint density at radius 3 is 2.26 bits per heavy atom. The molecule has 0 aliphatic carbocycles. The normalized spacial score (nSPS) is 15.4. The van der Waals surface area contributed by atoms with E-state index in [1.807, 2.05) is 11.0 Å². The molecule has 8 heteroatoms. The summed E-state index contributed by atoms with van der Waals surface area (Å²) in [6, 6.07) is 12.1. The molecule has 1 aliphatic rings. The molecule has 0 amide bonds. The first-order chi connectivity index (χ1) is 12.8. The van der Waals surface area contributed by atoms with Gasteiger partial charge < -0.3 is 4.90 Å². The van der Waals surface area contributed by atoms with Crippen molar-refractivity contribution < 1.29 is 17.6 Å². The van der Waals surface area contributed by atoms with Gasteiger partial charge in [-0.25, -0.2) is 12.8 Å². The highest BCUT2D eigenvalue weighted by Gasteiger charge is 2.29. The maximum atomic E-state index is 13.8. The molecule has 0 saturated carbocycles. The number of anilines is 1. The average molecular weight is 387 g/mol. The van der Waals surface area contributed by atoms with Gasteiger partial charge in [0.25, 0.3) is 0 Å². The SMILES string of the molecule is CC(=O)c1ccc(S(=O)(=O)N2CCN(c3cccc(F)c3C#N)CC2)cc1. The van der Waals surface area contributed by atoms with Crippen molar-refractivity contribution in [3.8, 4) is 6.07 Å². The van der Waals surface area contributed by atoms with E-state index in [1.54, 1.807) is 6.07 Å². The molecule has 3 rings (SSSR count). The Morgan fingerprint density at radius 2 is 1.70 bits per heavy atom. The molecule has 1 fully saturated rings. The van der Waals surface area contributed by atoms with Gasteiger partial charge in [-0.2, -0.15) is 9.57 Å². The van der Waals surface area contributed by atoms with Crippen LogP contribution in [-0.2, 0) is 10.0 Å². The van der Waals surface area contributed by atoms with Crippen LogP contribution in [0.5, 0.6) is 0 Å². The minimum Gasteiger partial charge on any atom is -0.368 e. The number of carbonyl (C=O) groups excluding carboxylic acids is 1. The van der Waals surface area contributed by atoms with Gasteiger partial charge in [0.15, 0.2) is 5.78 Å². The molecule has 1 saturated heterocycles. The van der Waals surface area contributed by atoms with Crippen molar-refractivity contribution in [1.82, 2.24) is 4.31 Å². The van der Waals surface area contributed by atoms with Crippen molar-refractivity contribution in [2.75, 3.05) is 31.1 Å². The van der Waals surface area contributed by atoms with Crippen molar-refractivity contribution in [3.63, 3.8) is 0 Å². The number of hydrogen-bond donors (Lipinski definition) is 0. The van der Waals surface area contributed by atoms with Gasteiger partial charge in [0.05, 0.1) is 10.6 Å². The average Bonchev–Trinajstić information content (AvgIpc) is 2.68. The second-order valence-corrected chi connectivity index (χ2v) is 8.16. The lowest BCUT2D eigenvalue weighted by Gasteiger charge is -2.35. The third-order valence-electron chi connectivity index (χ3n) is 4.58. The molecule has 140 valence electrons. The van der Waals surface area contributed by atoms with E-state index in [4.69, 9.17) is 0 Å². The van der Waals surface area contributed by atoms with Crippen LogP contribution in [0.3, 0.4) is 0 Å². The summed E-state index contributed by atoms with van der Waals surface area (Å²) in [5.41, 5.74) is 0.892. The number of Topliss-reactive ketones (excluding diaryl/α,β-unsaturated/α-hetero) is 1. The van der Waals surface area contributed by atoms with E-state index in [0.717, 1.165) is 0 Å². The topological polar surface area (TPSA) is 81.5 Å². The molecule has 6 nitrogen and oxygen atoms in total. The van der Waals surface area contributed by atoms with Gasteiger partial charge in [0.2, 0.25) is 10.0 Å². The molecule has 1 aliphatic heterocycles. The number of piperazine rings is 1. The van der Waals surface area contributed by atoms with Crippen molar-refractivity contribution in [1.29, 1.82) is 5.26 Å². The molecule has 2 aromatic carbocycles. The summed E-state index contributed by atoms with van der Waals surface area (Å²) in [6.07, 6.45) is 0. The monoisotopic (exact) mass is 387 g/mol. The summed E-state index contributed by atoms with van der Waals surface area (Å²) in [7, 11) is -3.68. The molecule has 0 bridgehead atoms. The summed E-state index contributed by atoms with van der Waals surface area (Å²) in [6.45, 7) is 2.56. The second-order valence-electron chi connectivity index (χ2n) is 6.22. The zero-order chi connectivity index (χ0) is 19.6. The smallest absolute Gasteiger partial charge is 0.243 e. The second kappa shape index (κ2) is 7.47. The van der Waals surface area contributed by atoms with Gasteiger partial charge in [0.1, 0.15) is 17.4 Å². The van der Waals surface area contributed by atoms with E-state index in [9.17, 15) is 22.9 Å². The lowest BCUT2D eigenvalue weighted by Crippen LogP contribution is -2.48. The van der Waals surface area contributed by atoms with Crippen molar-refractivity contribution in [2.45, 2.75) is 11.8 Å². The highest BCUT2D eigenvalue weighted by atomic mass is 32.2. The molecule has 2 aromatic rings. The Hall–Kier alpha value is -2.76. The van der Waals surface area contributed by atoms with E-state index in [1.165, 1.54) is 47.6 Å². The first kappa shape index (κ1) is 19.0. The van der Waals surface area contributed by atoms with Gasteiger partial charge in [0, 0.05) is 31.7 Å². The fourth-order valence-electron chi connectivity index (χ4n) is 3.07. The number of benzene rings is 2. The minimum atomic E-state index is -3.68. The zero-order valence-electron chi connectivity index (χ0n) is 14.7. The molecule has 0 unspecified atom stereocenters. The fourth-order valence-corrected chi connectivity index (χ4v) is 4.49. The van der Waals surface area contributed by atoms with E-state index in [-0.39, 0.29) is 29.3 Å². The summed E-state index contributed by atoms with van der Waals surface area (Å²) in [5, 5.41) is 9.17. The van der Waals surface area contributed by atoms with Crippen LogP contribution >= 0.6 is 0 Å². The van der Waals surface area contributed by atoms with Crippen LogP contribution in [0.15, 0.2) is 47.4 Å². The van der Waals surface area contributed by atoms with Gasteiger partial charge in [-0.15, -0.1) is 0 Å². The first-order valence-corrected chi connectivity index (χ1v) is 9.83. The fraction of sp³-hybridized carbons (Fsp3) is 0.263. The number of nitrogens with zero attached hydrogens (tertiary/aromatic N) is 3. The highest BCUT2D eigenvalue weighted by molar-refractivity contribution is 7.89. The quantitative estimate of drug-likeness (QED) is 0.753. The third kappa shape index (κ3) is 3.70. The van der Waals surface area contributed by atoms with E-state index in [2.05, 4.69) is 0 Å². The van der Waals surface area contributed by atoms with Crippen molar-refractivity contribution in [2.24, 2.45) is 0 Å². The molecule has 1 heterocycles. The Labute approximate surface area is 157 Å². The molecular formula is C19H18FN3O3S. The maximum Gasteiger partial charge on any atom is 0.243 e. The Balaban J connectivity index is 1.76. The molecule has 0 aromatic heterocycles. The molecule has 0 N–H and O–H groups in total. The molecule has 0 radical (unpaired) electrons. The minimum absolute atomic E-state index is 0.0337. The summed E-state index contributed by atoms with van der Waals surface area (Å²) < 4.78 is 40.8. The number of nitriles is 1. The van der Waals surface area contributed by atoms with Crippen LogP contribution in [-0.4, -0.2) is 44.7 Å². The first-order valence-electron chi connectivity index (χ1n) is 8.39. The number of rotatable bonds is 4. The van der Waals surface area contributed by atoms with E-state index >= 15 is 0 Å². The number of sulfonamides is 1. The van der Waals surface area contributed by atoms with Crippen molar-refractivity contribution in [3.05, 3.63) is 59.4 Å². The number of carbonyl (C=O) groups is 1. The maximum absolute atomic E-state index is 13.8. The lowest BCUT2D eigenvalue weighted by molar-refractivity contribution is 0.101. The molecule has 0 atom stereocenters. The number of halogens is 1. The molecule has 0 spiro atoms. The predicted molar refractivity (Wildman–Crippen MR) is 98.5 cm³/mol. The van der Waals surface area contributed by atoms with Gasteiger partial charge in [-0.05, 0) is 31.2 Å². The Morgan fingerprint density at radius 1 is 1.07 bits per heavy atom. The summed E-state index contributed by atoms with van der Waals surface area (Å²) in [4.78, 5) is 13.3. The molecular weight excluding hydrogens is 369 g/mol. The van der Waals surface area contributed by atoms with Crippen LogP contribution in [0, 0.1) is 17.1 Å².